The molecule has 2 amide bonds. The predicted molar refractivity (Wildman–Crippen MR) is 151 cm³/mol. The summed E-state index contributed by atoms with van der Waals surface area (Å²) in [6.45, 7) is 2.03. The number of phenols is 1. The van der Waals surface area contributed by atoms with Crippen LogP contribution in [-0.2, 0) is 27.3 Å². The molecule has 13 nitrogen and oxygen atoms in total. The number of aromatic hydroxyl groups is 1. The highest BCUT2D eigenvalue weighted by molar-refractivity contribution is 6.25. The van der Waals surface area contributed by atoms with Gasteiger partial charge in [-0.2, -0.15) is 0 Å². The van der Waals surface area contributed by atoms with Crippen molar-refractivity contribution in [3.8, 4) is 5.75 Å². The Balaban J connectivity index is 1.83. The monoisotopic (exact) mass is 586 g/mol. The highest BCUT2D eigenvalue weighted by Gasteiger charge is 2.63. The first kappa shape index (κ1) is 30.8. The molecule has 0 saturated carbocycles. The van der Waals surface area contributed by atoms with Gasteiger partial charge in [-0.15, -0.1) is 0 Å². The molecule has 0 unspecified atom stereocenters. The van der Waals surface area contributed by atoms with E-state index >= 15 is 0 Å². The number of amides is 2. The van der Waals surface area contributed by atoms with Crippen LogP contribution in [0, 0.1) is 11.8 Å². The minimum Gasteiger partial charge on any atom is -0.510 e. The van der Waals surface area contributed by atoms with E-state index in [0.29, 0.717) is 17.7 Å². The molecule has 0 bridgehead atoms. The van der Waals surface area contributed by atoms with Crippen LogP contribution in [0.4, 0.5) is 10.5 Å². The number of nitrogens with two attached hydrogens (primary N) is 1. The first-order chi connectivity index (χ1) is 19.7. The summed E-state index contributed by atoms with van der Waals surface area (Å²) >= 11 is 0. The Hall–Kier alpha value is -4.10. The van der Waals surface area contributed by atoms with Gasteiger partial charge in [0.1, 0.15) is 22.8 Å². The van der Waals surface area contributed by atoms with E-state index in [1.54, 1.807) is 39.2 Å². The molecule has 228 valence electrons. The third-order valence-electron chi connectivity index (χ3n) is 8.41. The van der Waals surface area contributed by atoms with E-state index < -0.39 is 69.9 Å². The first-order valence-corrected chi connectivity index (χ1v) is 13.8. The number of Topliss-reactive ketones (excluding diaryl/α,β-unsaturated/α-hetero) is 2. The van der Waals surface area contributed by atoms with Gasteiger partial charge in [-0.25, -0.2) is 4.79 Å². The number of aliphatic hydroxyl groups excluding tert-OH is 2. The molecule has 3 aliphatic rings. The van der Waals surface area contributed by atoms with Crippen LogP contribution >= 0.6 is 0 Å². The number of ether oxygens (including phenoxy) is 1. The lowest BCUT2D eigenvalue weighted by Crippen LogP contribution is -2.63. The lowest BCUT2D eigenvalue weighted by Gasteiger charge is -2.50. The second-order valence-electron chi connectivity index (χ2n) is 11.5. The number of hydrogen-bond donors (Lipinski definition) is 6. The molecule has 3 aliphatic carbocycles. The minimum absolute atomic E-state index is 0.00764. The average molecular weight is 587 g/mol. The third-order valence-corrected chi connectivity index (χ3v) is 8.41. The molecule has 0 aliphatic heterocycles. The number of carbonyl (C=O) groups is 4. The maximum atomic E-state index is 14.0. The standard InChI is InChI=1S/C29H38N4O9/c1-6-7-8-42-28(40)31-12-14-11-17(32(2)3)15-9-13-10-16-21(33(4)5)24(36)20(27(30)39)26(38)29(16,41)25(37)18(13)23(35)19(15)22(14)34/h11,13,16,21,34,36-37,41H,6-10,12H2,1-5H3,(H2,30,39)(H,31,40)/t13-,16-,21-,29-/m0/s1. The van der Waals surface area contributed by atoms with Gasteiger partial charge < -0.3 is 41.1 Å². The fourth-order valence-electron chi connectivity index (χ4n) is 6.41. The number of ketones is 2. The van der Waals surface area contributed by atoms with Gasteiger partial charge in [0.15, 0.2) is 11.4 Å². The molecule has 4 rings (SSSR count). The molecule has 0 saturated heterocycles. The van der Waals surface area contributed by atoms with Crippen LogP contribution in [0.15, 0.2) is 28.7 Å². The Bertz CT molecular complexity index is 1410. The quantitative estimate of drug-likeness (QED) is 0.189. The number of nitrogens with one attached hydrogen (secondary N) is 1. The Morgan fingerprint density at radius 2 is 1.83 bits per heavy atom. The number of anilines is 1. The average Bonchev–Trinajstić information content (AvgIpc) is 2.89. The van der Waals surface area contributed by atoms with E-state index in [-0.39, 0.29) is 42.7 Å². The molecule has 0 fully saturated rings. The maximum Gasteiger partial charge on any atom is 0.407 e. The number of allylic oxidation sites excluding steroid dienone is 1. The van der Waals surface area contributed by atoms with E-state index in [9.17, 15) is 39.6 Å². The molecule has 0 radical (unpaired) electrons. The molecule has 42 heavy (non-hydrogen) atoms. The fraction of sp³-hybridized carbons (Fsp3) is 0.517. The van der Waals surface area contributed by atoms with Crippen molar-refractivity contribution in [3.05, 3.63) is 45.4 Å². The van der Waals surface area contributed by atoms with Crippen molar-refractivity contribution in [1.82, 2.24) is 10.2 Å². The van der Waals surface area contributed by atoms with Crippen LogP contribution in [0.3, 0.4) is 0 Å². The zero-order chi connectivity index (χ0) is 31.3. The molecule has 7 N–H and O–H groups in total. The molecule has 13 heteroatoms. The molecule has 1 aromatic rings. The lowest BCUT2D eigenvalue weighted by molar-refractivity contribution is -0.148. The largest absolute Gasteiger partial charge is 0.510 e. The summed E-state index contributed by atoms with van der Waals surface area (Å²) in [5.74, 6) is -7.15. The van der Waals surface area contributed by atoms with Crippen molar-refractivity contribution in [2.75, 3.05) is 39.7 Å². The molecule has 0 aromatic heterocycles. The predicted octanol–water partition coefficient (Wildman–Crippen LogP) is 1.21. The smallest absolute Gasteiger partial charge is 0.407 e. The van der Waals surface area contributed by atoms with Crippen LogP contribution in [0.1, 0.15) is 47.7 Å². The van der Waals surface area contributed by atoms with Crippen LogP contribution in [-0.4, -0.2) is 95.3 Å². The van der Waals surface area contributed by atoms with Crippen molar-refractivity contribution < 1.29 is 44.3 Å². The zero-order valence-electron chi connectivity index (χ0n) is 24.4. The number of alkyl carbamates (subject to hydrolysis) is 1. The molecule has 4 atom stereocenters. The highest BCUT2D eigenvalue weighted by Crippen LogP contribution is 2.53. The zero-order valence-corrected chi connectivity index (χ0v) is 24.4. The van der Waals surface area contributed by atoms with Crippen molar-refractivity contribution in [3.63, 3.8) is 0 Å². The number of carbonyl (C=O) groups excluding carboxylic acids is 4. The van der Waals surface area contributed by atoms with Crippen LogP contribution in [0.5, 0.6) is 5.75 Å². The van der Waals surface area contributed by atoms with E-state index in [1.165, 1.54) is 4.90 Å². The topological polar surface area (TPSA) is 203 Å². The summed E-state index contributed by atoms with van der Waals surface area (Å²) in [5.41, 5.74) is 2.72. The van der Waals surface area contributed by atoms with E-state index in [4.69, 9.17) is 10.5 Å². The van der Waals surface area contributed by atoms with E-state index in [0.717, 1.165) is 6.42 Å². The number of aliphatic hydroxyl groups is 3. The minimum atomic E-state index is -2.72. The lowest BCUT2D eigenvalue weighted by atomic mass is 9.58. The molecule has 0 spiro atoms. The summed E-state index contributed by atoms with van der Waals surface area (Å²) in [7, 11) is 6.66. The number of benzene rings is 1. The van der Waals surface area contributed by atoms with Crippen LogP contribution < -0.4 is 16.0 Å². The highest BCUT2D eigenvalue weighted by atomic mass is 16.5. The normalized spacial score (nSPS) is 25.2. The number of fused-ring (bicyclic) bond motifs is 3. The summed E-state index contributed by atoms with van der Waals surface area (Å²) in [5, 5.41) is 47.9. The summed E-state index contributed by atoms with van der Waals surface area (Å²) in [6.07, 6.45) is 0.995. The van der Waals surface area contributed by atoms with Gasteiger partial charge in [0.25, 0.3) is 5.91 Å². The molecular weight excluding hydrogens is 548 g/mol. The van der Waals surface area contributed by atoms with Crippen molar-refractivity contribution in [2.45, 2.75) is 50.8 Å². The van der Waals surface area contributed by atoms with Gasteiger partial charge in [0.2, 0.25) is 5.78 Å². The van der Waals surface area contributed by atoms with Crippen LogP contribution in [0.25, 0.3) is 0 Å². The van der Waals surface area contributed by atoms with E-state index in [2.05, 4.69) is 5.32 Å². The summed E-state index contributed by atoms with van der Waals surface area (Å²) in [6, 6.07) is 0.588. The van der Waals surface area contributed by atoms with E-state index in [1.807, 2.05) is 6.92 Å². The second kappa shape index (κ2) is 11.3. The van der Waals surface area contributed by atoms with Gasteiger partial charge >= 0.3 is 6.09 Å². The molecule has 0 heterocycles. The maximum absolute atomic E-state index is 14.0. The number of primary amides is 1. The number of phenolic OH excluding ortho intramolecular Hbond substituents is 1. The molecular formula is C29H38N4O9. The SMILES string of the molecule is CCCCOC(=O)NCc1cc(N(C)C)c2c(c1O)C(=O)C1=C(O)[C@]3(O)C(=O)C(C(N)=O)=C(O)[C@@H](N(C)C)[C@@H]3C[C@@H]1C2. The van der Waals surface area contributed by atoms with Gasteiger partial charge in [0, 0.05) is 43.4 Å². The Morgan fingerprint density at radius 3 is 2.40 bits per heavy atom. The van der Waals surface area contributed by atoms with Gasteiger partial charge in [-0.05, 0) is 50.9 Å². The third kappa shape index (κ3) is 4.75. The fourth-order valence-corrected chi connectivity index (χ4v) is 6.41. The molecule has 1 aromatic carbocycles. The number of hydrogen-bond acceptors (Lipinski definition) is 11. The Morgan fingerprint density at radius 1 is 1.17 bits per heavy atom. The summed E-state index contributed by atoms with van der Waals surface area (Å²) in [4.78, 5) is 55.0. The van der Waals surface area contributed by atoms with Gasteiger partial charge in [-0.1, -0.05) is 13.3 Å². The Labute approximate surface area is 243 Å². The van der Waals surface area contributed by atoms with Crippen molar-refractivity contribution in [1.29, 1.82) is 0 Å². The number of unbranched alkanes of at least 4 members (excludes halogenated alkanes) is 1. The first-order valence-electron chi connectivity index (χ1n) is 13.8. The van der Waals surface area contributed by atoms with Gasteiger partial charge in [0.05, 0.1) is 18.2 Å². The summed E-state index contributed by atoms with van der Waals surface area (Å²) < 4.78 is 5.10. The van der Waals surface area contributed by atoms with Gasteiger partial charge in [-0.3, -0.25) is 19.3 Å². The number of rotatable bonds is 8. The Kier molecular flexibility index (Phi) is 8.29. The second-order valence-corrected chi connectivity index (χ2v) is 11.5. The van der Waals surface area contributed by atoms with Crippen molar-refractivity contribution in [2.24, 2.45) is 17.6 Å². The number of likely N-dealkylation sites (N-methyl/N-ethyl adjacent to an activating group) is 1. The van der Waals surface area contributed by atoms with Crippen molar-refractivity contribution >= 4 is 29.3 Å². The van der Waals surface area contributed by atoms with Crippen LogP contribution in [0.2, 0.25) is 0 Å². The number of nitrogens with zero attached hydrogens (tertiary/aromatic N) is 2.